The molecule has 1 heterocycles. The number of aliphatic carboxylic acids is 1. The van der Waals surface area contributed by atoms with Crippen LogP contribution in [0.5, 0.6) is 0 Å². The van der Waals surface area contributed by atoms with Gasteiger partial charge in [0, 0.05) is 19.9 Å². The average molecular weight is 270 g/mol. The number of hydrogen-bond acceptors (Lipinski definition) is 5. The van der Waals surface area contributed by atoms with Crippen LogP contribution in [0.2, 0.25) is 0 Å². The molecule has 1 amide bonds. The maximum absolute atomic E-state index is 11.7. The largest absolute Gasteiger partial charge is 0.480 e. The number of rotatable bonds is 8. The Labute approximate surface area is 110 Å². The minimum atomic E-state index is -1.00. The SMILES string of the molecule is COCCCC(N)C(=O)Nc1cnn(CC(=O)O)c1. The maximum atomic E-state index is 11.7. The Kier molecular flexibility index (Phi) is 5.97. The lowest BCUT2D eigenvalue weighted by atomic mass is 10.1. The maximum Gasteiger partial charge on any atom is 0.325 e. The summed E-state index contributed by atoms with van der Waals surface area (Å²) in [5.41, 5.74) is 6.13. The summed E-state index contributed by atoms with van der Waals surface area (Å²) in [6, 6.07) is -0.627. The smallest absolute Gasteiger partial charge is 0.325 e. The molecule has 1 aromatic heterocycles. The van der Waals surface area contributed by atoms with Crippen LogP contribution in [0, 0.1) is 0 Å². The van der Waals surface area contributed by atoms with Gasteiger partial charge in [0.1, 0.15) is 6.54 Å². The molecular weight excluding hydrogens is 252 g/mol. The zero-order valence-corrected chi connectivity index (χ0v) is 10.7. The third-order valence-corrected chi connectivity index (χ3v) is 2.40. The fraction of sp³-hybridized carbons (Fsp3) is 0.545. The molecule has 0 spiro atoms. The van der Waals surface area contributed by atoms with Gasteiger partial charge in [0.05, 0.1) is 17.9 Å². The van der Waals surface area contributed by atoms with Crippen molar-refractivity contribution >= 4 is 17.6 Å². The molecule has 0 aliphatic carbocycles. The highest BCUT2D eigenvalue weighted by atomic mass is 16.5. The van der Waals surface area contributed by atoms with Gasteiger partial charge in [0.25, 0.3) is 0 Å². The van der Waals surface area contributed by atoms with Crippen molar-refractivity contribution in [1.29, 1.82) is 0 Å². The molecular formula is C11H18N4O4. The highest BCUT2D eigenvalue weighted by Gasteiger charge is 2.14. The number of carboxylic acids is 1. The molecule has 0 aliphatic rings. The number of carbonyl (C=O) groups is 2. The average Bonchev–Trinajstić information content (AvgIpc) is 2.75. The summed E-state index contributed by atoms with van der Waals surface area (Å²) in [5.74, 6) is -1.33. The molecule has 0 aromatic carbocycles. The van der Waals surface area contributed by atoms with E-state index >= 15 is 0 Å². The topological polar surface area (TPSA) is 119 Å². The van der Waals surface area contributed by atoms with E-state index in [4.69, 9.17) is 15.6 Å². The fourth-order valence-electron chi connectivity index (χ4n) is 1.47. The molecule has 0 aliphatic heterocycles. The summed E-state index contributed by atoms with van der Waals surface area (Å²) < 4.78 is 6.09. The van der Waals surface area contributed by atoms with E-state index < -0.39 is 12.0 Å². The van der Waals surface area contributed by atoms with Gasteiger partial charge in [0.2, 0.25) is 5.91 Å². The molecule has 0 bridgehead atoms. The van der Waals surface area contributed by atoms with E-state index in [1.165, 1.54) is 17.1 Å². The number of nitrogens with two attached hydrogens (primary N) is 1. The van der Waals surface area contributed by atoms with Crippen LogP contribution in [0.1, 0.15) is 12.8 Å². The molecule has 0 saturated carbocycles. The van der Waals surface area contributed by atoms with Gasteiger partial charge in [-0.25, -0.2) is 0 Å². The van der Waals surface area contributed by atoms with E-state index in [1.807, 2.05) is 0 Å². The number of carbonyl (C=O) groups excluding carboxylic acids is 1. The normalized spacial score (nSPS) is 12.1. The van der Waals surface area contributed by atoms with Crippen molar-refractivity contribution in [3.05, 3.63) is 12.4 Å². The van der Waals surface area contributed by atoms with Crippen LogP contribution in [0.4, 0.5) is 5.69 Å². The van der Waals surface area contributed by atoms with Gasteiger partial charge in [-0.2, -0.15) is 5.10 Å². The van der Waals surface area contributed by atoms with E-state index in [0.29, 0.717) is 25.1 Å². The zero-order valence-electron chi connectivity index (χ0n) is 10.7. The predicted molar refractivity (Wildman–Crippen MR) is 67.6 cm³/mol. The van der Waals surface area contributed by atoms with Crippen molar-refractivity contribution in [2.24, 2.45) is 5.73 Å². The number of amides is 1. The summed E-state index contributed by atoms with van der Waals surface area (Å²) in [6.45, 7) is 0.299. The Morgan fingerprint density at radius 1 is 1.63 bits per heavy atom. The molecule has 0 saturated heterocycles. The van der Waals surface area contributed by atoms with Crippen LogP contribution in [0.15, 0.2) is 12.4 Å². The predicted octanol–water partition coefficient (Wildman–Crippen LogP) is -0.340. The van der Waals surface area contributed by atoms with E-state index in [1.54, 1.807) is 7.11 Å². The quantitative estimate of drug-likeness (QED) is 0.556. The number of aromatic nitrogens is 2. The molecule has 1 rings (SSSR count). The number of nitrogens with one attached hydrogen (secondary N) is 1. The van der Waals surface area contributed by atoms with Crippen molar-refractivity contribution in [3.63, 3.8) is 0 Å². The first kappa shape index (κ1) is 15.1. The summed E-state index contributed by atoms with van der Waals surface area (Å²) in [4.78, 5) is 22.2. The fourth-order valence-corrected chi connectivity index (χ4v) is 1.47. The van der Waals surface area contributed by atoms with Gasteiger partial charge in [0.15, 0.2) is 0 Å². The van der Waals surface area contributed by atoms with Gasteiger partial charge < -0.3 is 20.9 Å². The Morgan fingerprint density at radius 2 is 2.37 bits per heavy atom. The van der Waals surface area contributed by atoms with E-state index in [0.717, 1.165) is 0 Å². The Balaban J connectivity index is 2.43. The highest BCUT2D eigenvalue weighted by molar-refractivity contribution is 5.94. The van der Waals surface area contributed by atoms with Crippen LogP contribution in [-0.2, 0) is 20.9 Å². The summed E-state index contributed by atoms with van der Waals surface area (Å²) >= 11 is 0. The molecule has 1 aromatic rings. The minimum Gasteiger partial charge on any atom is -0.480 e. The number of methoxy groups -OCH3 is 1. The summed E-state index contributed by atoms with van der Waals surface area (Å²) in [5, 5.41) is 15.0. The molecule has 8 heteroatoms. The molecule has 1 unspecified atom stereocenters. The second kappa shape index (κ2) is 7.49. The Bertz CT molecular complexity index is 432. The zero-order chi connectivity index (χ0) is 14.3. The molecule has 8 nitrogen and oxygen atoms in total. The third-order valence-electron chi connectivity index (χ3n) is 2.40. The van der Waals surface area contributed by atoms with Crippen molar-refractivity contribution in [2.75, 3.05) is 19.0 Å². The van der Waals surface area contributed by atoms with Crippen LogP contribution in [0.3, 0.4) is 0 Å². The number of ether oxygens (including phenoxy) is 1. The monoisotopic (exact) mass is 270 g/mol. The van der Waals surface area contributed by atoms with Gasteiger partial charge >= 0.3 is 5.97 Å². The van der Waals surface area contributed by atoms with Crippen molar-refractivity contribution in [3.8, 4) is 0 Å². The lowest BCUT2D eigenvalue weighted by Gasteiger charge is -2.10. The standard InChI is InChI=1S/C11H18N4O4/c1-19-4-2-3-9(12)11(18)14-8-5-13-15(6-8)7-10(16)17/h5-6,9H,2-4,7,12H2,1H3,(H,14,18)(H,16,17). The third kappa shape index (κ3) is 5.49. The van der Waals surface area contributed by atoms with Crippen molar-refractivity contribution in [1.82, 2.24) is 9.78 Å². The number of carboxylic acid groups (broad SMARTS) is 1. The van der Waals surface area contributed by atoms with Crippen LogP contribution < -0.4 is 11.1 Å². The van der Waals surface area contributed by atoms with Gasteiger partial charge in [-0.1, -0.05) is 0 Å². The number of hydrogen-bond donors (Lipinski definition) is 3. The second-order valence-electron chi connectivity index (χ2n) is 4.05. The van der Waals surface area contributed by atoms with Gasteiger partial charge in [-0.05, 0) is 12.8 Å². The van der Waals surface area contributed by atoms with E-state index in [9.17, 15) is 9.59 Å². The molecule has 0 radical (unpaired) electrons. The van der Waals surface area contributed by atoms with E-state index in [2.05, 4.69) is 10.4 Å². The highest BCUT2D eigenvalue weighted by Crippen LogP contribution is 2.06. The molecule has 1 atom stereocenters. The van der Waals surface area contributed by atoms with Crippen LogP contribution >= 0.6 is 0 Å². The molecule has 19 heavy (non-hydrogen) atoms. The molecule has 4 N–H and O–H groups in total. The van der Waals surface area contributed by atoms with Crippen molar-refractivity contribution < 1.29 is 19.4 Å². The first-order valence-corrected chi connectivity index (χ1v) is 5.82. The summed E-state index contributed by atoms with van der Waals surface area (Å²) in [7, 11) is 1.59. The lowest BCUT2D eigenvalue weighted by molar-refractivity contribution is -0.137. The first-order chi connectivity index (χ1) is 9.02. The Hall–Kier alpha value is -1.93. The first-order valence-electron chi connectivity index (χ1n) is 5.82. The Morgan fingerprint density at radius 3 is 3.00 bits per heavy atom. The number of anilines is 1. The van der Waals surface area contributed by atoms with Gasteiger partial charge in [-0.3, -0.25) is 14.3 Å². The molecule has 0 fully saturated rings. The van der Waals surface area contributed by atoms with Crippen LogP contribution in [0.25, 0.3) is 0 Å². The molecule has 106 valence electrons. The van der Waals surface area contributed by atoms with Crippen molar-refractivity contribution in [2.45, 2.75) is 25.4 Å². The van der Waals surface area contributed by atoms with E-state index in [-0.39, 0.29) is 12.5 Å². The number of nitrogens with zero attached hydrogens (tertiary/aromatic N) is 2. The second-order valence-corrected chi connectivity index (χ2v) is 4.05. The van der Waals surface area contributed by atoms with Gasteiger partial charge in [-0.15, -0.1) is 0 Å². The lowest BCUT2D eigenvalue weighted by Crippen LogP contribution is -2.35. The summed E-state index contributed by atoms with van der Waals surface area (Å²) in [6.07, 6.45) is 4.03. The minimum absolute atomic E-state index is 0.254. The van der Waals surface area contributed by atoms with Crippen LogP contribution in [-0.4, -0.2) is 46.5 Å².